The highest BCUT2D eigenvalue weighted by Crippen LogP contribution is 2.24. The smallest absolute Gasteiger partial charge is 0.227 e. The minimum atomic E-state index is -1.28. The van der Waals surface area contributed by atoms with Crippen molar-refractivity contribution in [1.82, 2.24) is 0 Å². The van der Waals surface area contributed by atoms with Gasteiger partial charge in [-0.2, -0.15) is 5.10 Å². The minimum absolute atomic E-state index is 0.0132. The average molecular weight is 371 g/mol. The van der Waals surface area contributed by atoms with E-state index in [1.165, 1.54) is 18.2 Å². The van der Waals surface area contributed by atoms with Crippen molar-refractivity contribution >= 4 is 40.6 Å². The Morgan fingerprint density at radius 2 is 2.04 bits per heavy atom. The molecule has 1 fully saturated rings. The van der Waals surface area contributed by atoms with Crippen LogP contribution >= 0.6 is 11.6 Å². The number of halogens is 1. The summed E-state index contributed by atoms with van der Waals surface area (Å²) in [4.78, 5) is 24.6. The molecule has 1 amide bonds. The number of hydrazone groups is 1. The number of carbonyl (C=O) groups excluding carboxylic acids is 2. The number of nitrogens with one attached hydrogen (secondary N) is 1. The van der Waals surface area contributed by atoms with Crippen molar-refractivity contribution in [1.29, 1.82) is 0 Å². The zero-order valence-corrected chi connectivity index (χ0v) is 14.9. The zero-order valence-electron chi connectivity index (χ0n) is 14.2. The number of anilines is 2. The topological polar surface area (TPSA) is 84.8 Å². The van der Waals surface area contributed by atoms with Crippen LogP contribution in [0.4, 0.5) is 11.4 Å². The van der Waals surface area contributed by atoms with Gasteiger partial charge in [-0.05, 0) is 48.7 Å². The molecule has 0 saturated carbocycles. The van der Waals surface area contributed by atoms with E-state index in [0.717, 1.165) is 24.2 Å². The predicted octanol–water partition coefficient (Wildman–Crippen LogP) is 2.67. The lowest BCUT2D eigenvalue weighted by Gasteiger charge is -2.16. The van der Waals surface area contributed by atoms with Gasteiger partial charge in [0.15, 0.2) is 0 Å². The molecular formula is C19H17ClN3O3-. The van der Waals surface area contributed by atoms with Crippen LogP contribution in [0.3, 0.4) is 0 Å². The van der Waals surface area contributed by atoms with Crippen LogP contribution in [0.1, 0.15) is 35.7 Å². The number of rotatable bonds is 5. The largest absolute Gasteiger partial charge is 0.545 e. The van der Waals surface area contributed by atoms with E-state index in [4.69, 9.17) is 11.6 Å². The summed E-state index contributed by atoms with van der Waals surface area (Å²) >= 11 is 6.07. The van der Waals surface area contributed by atoms with Crippen LogP contribution in [-0.4, -0.2) is 24.1 Å². The predicted molar refractivity (Wildman–Crippen MR) is 99.6 cm³/mol. The molecule has 0 radical (unpaired) electrons. The van der Waals surface area contributed by atoms with E-state index in [9.17, 15) is 14.7 Å². The summed E-state index contributed by atoms with van der Waals surface area (Å²) in [6.45, 7) is 2.54. The van der Waals surface area contributed by atoms with Crippen LogP contribution in [0.5, 0.6) is 0 Å². The van der Waals surface area contributed by atoms with Crippen LogP contribution in [0, 0.1) is 0 Å². The van der Waals surface area contributed by atoms with Crippen LogP contribution in [0.2, 0.25) is 5.02 Å². The van der Waals surface area contributed by atoms with Gasteiger partial charge in [-0.1, -0.05) is 29.8 Å². The highest BCUT2D eigenvalue weighted by atomic mass is 35.5. The Kier molecular flexibility index (Phi) is 5.23. The van der Waals surface area contributed by atoms with Gasteiger partial charge in [-0.15, -0.1) is 0 Å². The second kappa shape index (κ2) is 7.58. The number of carbonyl (C=O) groups is 2. The third-order valence-electron chi connectivity index (χ3n) is 4.20. The summed E-state index contributed by atoms with van der Waals surface area (Å²) in [6.07, 6.45) is 1.44. The lowest BCUT2D eigenvalue weighted by Crippen LogP contribution is -2.23. The van der Waals surface area contributed by atoms with E-state index in [1.807, 2.05) is 31.2 Å². The first-order valence-corrected chi connectivity index (χ1v) is 8.55. The molecule has 2 aromatic carbocycles. The molecule has 7 heteroatoms. The van der Waals surface area contributed by atoms with Gasteiger partial charge in [0.05, 0.1) is 22.4 Å². The monoisotopic (exact) mass is 370 g/mol. The van der Waals surface area contributed by atoms with E-state index in [-0.39, 0.29) is 11.5 Å². The van der Waals surface area contributed by atoms with Crippen LogP contribution in [-0.2, 0) is 4.79 Å². The summed E-state index contributed by atoms with van der Waals surface area (Å²) < 4.78 is 0. The number of aromatic carboxylic acids is 1. The van der Waals surface area contributed by atoms with Crippen LogP contribution in [0.25, 0.3) is 0 Å². The maximum Gasteiger partial charge on any atom is 0.227 e. The fraction of sp³-hybridized carbons (Fsp3) is 0.211. The van der Waals surface area contributed by atoms with Crippen molar-refractivity contribution in [3.8, 4) is 0 Å². The number of carboxylic acid groups (broad SMARTS) is 1. The Bertz CT molecular complexity index is 895. The number of benzene rings is 2. The number of carboxylic acids is 1. The van der Waals surface area contributed by atoms with Gasteiger partial charge in [-0.3, -0.25) is 10.2 Å². The van der Waals surface area contributed by atoms with Gasteiger partial charge < -0.3 is 14.8 Å². The molecule has 1 saturated heterocycles. The molecule has 3 rings (SSSR count). The van der Waals surface area contributed by atoms with Crippen molar-refractivity contribution in [3.63, 3.8) is 0 Å². The van der Waals surface area contributed by atoms with E-state index in [0.29, 0.717) is 22.8 Å². The van der Waals surface area contributed by atoms with Crippen molar-refractivity contribution < 1.29 is 14.7 Å². The SMILES string of the molecule is C/C(=N/Nc1cc(C(=O)[O-])ccc1Cl)c1cccc(N2CCCC2=O)c1. The quantitative estimate of drug-likeness (QED) is 0.647. The lowest BCUT2D eigenvalue weighted by molar-refractivity contribution is -0.255. The third kappa shape index (κ3) is 3.86. The standard InChI is InChI=1S/C19H18ClN3O3/c1-12(21-22-17-11-14(19(25)26)7-8-16(17)20)13-4-2-5-15(10-13)23-9-3-6-18(23)24/h2,4-5,7-8,10-11,22H,3,6,9H2,1H3,(H,25,26)/p-1/b21-12-. The lowest BCUT2D eigenvalue weighted by atomic mass is 10.1. The number of hydrogen-bond acceptors (Lipinski definition) is 5. The van der Waals surface area contributed by atoms with E-state index in [2.05, 4.69) is 10.5 Å². The minimum Gasteiger partial charge on any atom is -0.545 e. The van der Waals surface area contributed by atoms with Gasteiger partial charge in [0.1, 0.15) is 0 Å². The average Bonchev–Trinajstić information content (AvgIpc) is 3.06. The van der Waals surface area contributed by atoms with E-state index >= 15 is 0 Å². The number of hydrogen-bond donors (Lipinski definition) is 1. The first-order valence-electron chi connectivity index (χ1n) is 8.17. The van der Waals surface area contributed by atoms with Gasteiger partial charge in [-0.25, -0.2) is 0 Å². The highest BCUT2D eigenvalue weighted by molar-refractivity contribution is 6.33. The van der Waals surface area contributed by atoms with Crippen molar-refractivity contribution in [2.45, 2.75) is 19.8 Å². The first-order chi connectivity index (χ1) is 12.5. The summed E-state index contributed by atoms with van der Waals surface area (Å²) in [5, 5.41) is 15.6. The molecule has 26 heavy (non-hydrogen) atoms. The van der Waals surface area contributed by atoms with Crippen molar-refractivity contribution in [2.75, 3.05) is 16.9 Å². The summed E-state index contributed by atoms with van der Waals surface area (Å²) in [6, 6.07) is 11.8. The Labute approximate surface area is 156 Å². The van der Waals surface area contributed by atoms with Gasteiger partial charge in [0.25, 0.3) is 0 Å². The molecular weight excluding hydrogens is 354 g/mol. The Balaban J connectivity index is 1.81. The molecule has 1 aliphatic rings. The van der Waals surface area contributed by atoms with Gasteiger partial charge in [0.2, 0.25) is 5.91 Å². The Morgan fingerprint density at radius 1 is 1.23 bits per heavy atom. The second-order valence-corrected chi connectivity index (χ2v) is 6.40. The fourth-order valence-corrected chi connectivity index (χ4v) is 2.93. The molecule has 1 heterocycles. The summed E-state index contributed by atoms with van der Waals surface area (Å²) in [5.74, 6) is -1.16. The molecule has 6 nitrogen and oxygen atoms in total. The van der Waals surface area contributed by atoms with Gasteiger partial charge in [0, 0.05) is 18.7 Å². The molecule has 1 aliphatic heterocycles. The molecule has 0 aliphatic carbocycles. The highest BCUT2D eigenvalue weighted by Gasteiger charge is 2.21. The van der Waals surface area contributed by atoms with Crippen LogP contribution in [0.15, 0.2) is 47.6 Å². The normalized spacial score (nSPS) is 14.6. The molecule has 0 spiro atoms. The van der Waals surface area contributed by atoms with Crippen molar-refractivity contribution in [3.05, 3.63) is 58.6 Å². The van der Waals surface area contributed by atoms with Gasteiger partial charge >= 0.3 is 0 Å². The molecule has 1 N–H and O–H groups in total. The Morgan fingerprint density at radius 3 is 2.73 bits per heavy atom. The first kappa shape index (κ1) is 17.9. The molecule has 134 valence electrons. The van der Waals surface area contributed by atoms with E-state index < -0.39 is 5.97 Å². The van der Waals surface area contributed by atoms with Crippen LogP contribution < -0.4 is 15.4 Å². The molecule has 0 aromatic heterocycles. The molecule has 2 aromatic rings. The fourth-order valence-electron chi connectivity index (χ4n) is 2.77. The number of nitrogens with zero attached hydrogens (tertiary/aromatic N) is 2. The summed E-state index contributed by atoms with van der Waals surface area (Å²) in [5.41, 5.74) is 5.54. The second-order valence-electron chi connectivity index (χ2n) is 5.99. The maximum absolute atomic E-state index is 11.9. The van der Waals surface area contributed by atoms with Crippen molar-refractivity contribution in [2.24, 2.45) is 5.10 Å². The molecule has 0 bridgehead atoms. The zero-order chi connectivity index (χ0) is 18.7. The summed E-state index contributed by atoms with van der Waals surface area (Å²) in [7, 11) is 0. The third-order valence-corrected chi connectivity index (χ3v) is 4.52. The molecule has 0 atom stereocenters. The maximum atomic E-state index is 11.9. The van der Waals surface area contributed by atoms with E-state index in [1.54, 1.807) is 4.90 Å². The Hall–Kier alpha value is -2.86. The number of amides is 1. The molecule has 0 unspecified atom stereocenters.